The van der Waals surface area contributed by atoms with Crippen molar-refractivity contribution in [3.8, 4) is 0 Å². The van der Waals surface area contributed by atoms with Crippen LogP contribution >= 0.6 is 0 Å². The Bertz CT molecular complexity index is 303. The van der Waals surface area contributed by atoms with E-state index in [9.17, 15) is 22.8 Å². The molecule has 1 unspecified atom stereocenters. The molecule has 8 heteroatoms. The Morgan fingerprint density at radius 3 is 2.12 bits per heavy atom. The second kappa shape index (κ2) is 5.24. The molecule has 0 aromatic heterocycles. The largest absolute Gasteiger partial charge is 0.479 e. The minimum Gasteiger partial charge on any atom is -0.479 e. The van der Waals surface area contributed by atoms with Gasteiger partial charge in [-0.05, 0) is 12.8 Å². The second-order valence-electron chi connectivity index (χ2n) is 4.05. The van der Waals surface area contributed by atoms with E-state index < -0.39 is 23.8 Å². The van der Waals surface area contributed by atoms with Crippen LogP contribution in [-0.2, 0) is 9.53 Å². The van der Waals surface area contributed by atoms with E-state index in [1.165, 1.54) is 5.32 Å². The molecule has 0 aliphatic rings. The number of rotatable bonds is 4. The van der Waals surface area contributed by atoms with E-state index in [2.05, 4.69) is 4.74 Å². The zero-order valence-electron chi connectivity index (χ0n) is 9.59. The maximum atomic E-state index is 12.5. The van der Waals surface area contributed by atoms with Gasteiger partial charge in [0.05, 0.1) is 6.61 Å². The Labute approximate surface area is 95.9 Å². The standard InChI is InChI=1S/C9H14F3NO4/c1-5(2)4-17-7(16)13-8(3,6(14)15)9(10,11)12/h5H,4H2,1-3H3,(H,13,16)(H,14,15). The molecule has 17 heavy (non-hydrogen) atoms. The van der Waals surface area contributed by atoms with Crippen LogP contribution in [0.1, 0.15) is 20.8 Å². The van der Waals surface area contributed by atoms with Crippen LogP contribution < -0.4 is 5.32 Å². The number of aliphatic carboxylic acids is 1. The van der Waals surface area contributed by atoms with Crippen LogP contribution in [0.2, 0.25) is 0 Å². The highest BCUT2D eigenvalue weighted by Crippen LogP contribution is 2.30. The molecule has 0 aromatic rings. The van der Waals surface area contributed by atoms with Gasteiger partial charge in [-0.1, -0.05) is 13.8 Å². The van der Waals surface area contributed by atoms with Crippen molar-refractivity contribution >= 4 is 12.1 Å². The second-order valence-corrected chi connectivity index (χ2v) is 4.05. The predicted octanol–water partition coefficient (Wildman–Crippen LogP) is 1.77. The maximum absolute atomic E-state index is 12.5. The van der Waals surface area contributed by atoms with Crippen molar-refractivity contribution in [3.63, 3.8) is 0 Å². The first-order valence-corrected chi connectivity index (χ1v) is 4.75. The molecule has 0 bridgehead atoms. The highest BCUT2D eigenvalue weighted by Gasteiger charge is 2.58. The van der Waals surface area contributed by atoms with Crippen molar-refractivity contribution in [2.75, 3.05) is 6.61 Å². The molecular formula is C9H14F3NO4. The number of amides is 1. The van der Waals surface area contributed by atoms with E-state index in [4.69, 9.17) is 5.11 Å². The van der Waals surface area contributed by atoms with Gasteiger partial charge in [-0.25, -0.2) is 9.59 Å². The smallest absolute Gasteiger partial charge is 0.422 e. The van der Waals surface area contributed by atoms with Crippen LogP contribution in [0.4, 0.5) is 18.0 Å². The van der Waals surface area contributed by atoms with Crippen molar-refractivity contribution in [1.29, 1.82) is 0 Å². The summed E-state index contributed by atoms with van der Waals surface area (Å²) in [7, 11) is 0. The van der Waals surface area contributed by atoms with Gasteiger partial charge in [0.15, 0.2) is 0 Å². The van der Waals surface area contributed by atoms with Crippen molar-refractivity contribution in [2.45, 2.75) is 32.5 Å². The molecule has 1 amide bonds. The Hall–Kier alpha value is -1.47. The molecule has 0 rings (SSSR count). The van der Waals surface area contributed by atoms with Crippen LogP contribution in [0.5, 0.6) is 0 Å². The molecule has 0 heterocycles. The van der Waals surface area contributed by atoms with Gasteiger partial charge < -0.3 is 9.84 Å². The van der Waals surface area contributed by atoms with E-state index in [0.29, 0.717) is 6.92 Å². The lowest BCUT2D eigenvalue weighted by Gasteiger charge is -2.28. The van der Waals surface area contributed by atoms with E-state index >= 15 is 0 Å². The van der Waals surface area contributed by atoms with Crippen molar-refractivity contribution in [2.24, 2.45) is 5.92 Å². The summed E-state index contributed by atoms with van der Waals surface area (Å²) < 4.78 is 41.8. The first kappa shape index (κ1) is 15.5. The van der Waals surface area contributed by atoms with Gasteiger partial charge in [0.25, 0.3) is 0 Å². The van der Waals surface area contributed by atoms with Gasteiger partial charge >= 0.3 is 18.2 Å². The summed E-state index contributed by atoms with van der Waals surface area (Å²) in [5.41, 5.74) is -3.36. The number of ether oxygens (including phenoxy) is 1. The molecular weight excluding hydrogens is 243 g/mol. The van der Waals surface area contributed by atoms with Crippen molar-refractivity contribution in [3.05, 3.63) is 0 Å². The monoisotopic (exact) mass is 257 g/mol. The Morgan fingerprint density at radius 2 is 1.82 bits per heavy atom. The lowest BCUT2D eigenvalue weighted by Crippen LogP contribution is -2.62. The van der Waals surface area contributed by atoms with Gasteiger partial charge in [0.1, 0.15) is 0 Å². The third-order valence-corrected chi connectivity index (χ3v) is 1.89. The third kappa shape index (κ3) is 4.12. The van der Waals surface area contributed by atoms with Gasteiger partial charge in [-0.3, -0.25) is 5.32 Å². The highest BCUT2D eigenvalue weighted by molar-refractivity contribution is 5.84. The first-order chi connectivity index (χ1) is 7.50. The number of alkyl carbamates (subject to hydrolysis) is 1. The molecule has 0 aliphatic heterocycles. The molecule has 0 radical (unpaired) electrons. The number of carboxylic acid groups (broad SMARTS) is 1. The topological polar surface area (TPSA) is 75.6 Å². The van der Waals surface area contributed by atoms with Crippen LogP contribution in [0.25, 0.3) is 0 Å². The molecule has 100 valence electrons. The summed E-state index contributed by atoms with van der Waals surface area (Å²) in [6, 6.07) is 0. The van der Waals surface area contributed by atoms with Crippen LogP contribution in [-0.4, -0.2) is 35.5 Å². The summed E-state index contributed by atoms with van der Waals surface area (Å²) in [4.78, 5) is 21.6. The number of carbonyl (C=O) groups is 2. The van der Waals surface area contributed by atoms with Gasteiger partial charge in [-0.2, -0.15) is 13.2 Å². The number of carboxylic acids is 1. The fourth-order valence-corrected chi connectivity index (χ4v) is 0.728. The first-order valence-electron chi connectivity index (χ1n) is 4.75. The molecule has 0 saturated heterocycles. The summed E-state index contributed by atoms with van der Waals surface area (Å²) in [6.07, 6.45) is -6.53. The summed E-state index contributed by atoms with van der Waals surface area (Å²) >= 11 is 0. The molecule has 0 spiro atoms. The Morgan fingerprint density at radius 1 is 1.35 bits per heavy atom. The van der Waals surface area contributed by atoms with Crippen molar-refractivity contribution in [1.82, 2.24) is 5.32 Å². The third-order valence-electron chi connectivity index (χ3n) is 1.89. The normalized spacial score (nSPS) is 15.2. The molecule has 2 N–H and O–H groups in total. The minimum absolute atomic E-state index is 0.0669. The van der Waals surface area contributed by atoms with Crippen LogP contribution in [0.15, 0.2) is 0 Å². The molecule has 0 aliphatic carbocycles. The maximum Gasteiger partial charge on any atom is 0.422 e. The molecule has 0 fully saturated rings. The molecule has 0 saturated carbocycles. The van der Waals surface area contributed by atoms with Gasteiger partial charge in [0, 0.05) is 0 Å². The fraction of sp³-hybridized carbons (Fsp3) is 0.778. The lowest BCUT2D eigenvalue weighted by molar-refractivity contribution is -0.204. The Kier molecular flexibility index (Phi) is 4.79. The van der Waals surface area contributed by atoms with Gasteiger partial charge in [0.2, 0.25) is 5.54 Å². The van der Waals surface area contributed by atoms with E-state index in [0.717, 1.165) is 0 Å². The van der Waals surface area contributed by atoms with E-state index in [1.54, 1.807) is 13.8 Å². The number of hydrogen-bond donors (Lipinski definition) is 2. The lowest BCUT2D eigenvalue weighted by atomic mass is 10.0. The number of carbonyl (C=O) groups excluding carboxylic acids is 1. The van der Waals surface area contributed by atoms with Crippen molar-refractivity contribution < 1.29 is 32.6 Å². The average molecular weight is 257 g/mol. The quantitative estimate of drug-likeness (QED) is 0.804. The summed E-state index contributed by atoms with van der Waals surface area (Å²) in [5.74, 6) is -2.27. The van der Waals surface area contributed by atoms with E-state index in [1.807, 2.05) is 0 Å². The zero-order valence-corrected chi connectivity index (χ0v) is 9.59. The number of halogens is 3. The number of nitrogens with one attached hydrogen (secondary N) is 1. The van der Waals surface area contributed by atoms with E-state index in [-0.39, 0.29) is 12.5 Å². The highest BCUT2D eigenvalue weighted by atomic mass is 19.4. The molecule has 5 nitrogen and oxygen atoms in total. The molecule has 0 aromatic carbocycles. The summed E-state index contributed by atoms with van der Waals surface area (Å²) in [6.45, 7) is 3.63. The molecule has 1 atom stereocenters. The van der Waals surface area contributed by atoms with Crippen LogP contribution in [0, 0.1) is 5.92 Å². The predicted molar refractivity (Wildman–Crippen MR) is 51.4 cm³/mol. The fourth-order valence-electron chi connectivity index (χ4n) is 0.728. The van der Waals surface area contributed by atoms with Crippen LogP contribution in [0.3, 0.4) is 0 Å². The van der Waals surface area contributed by atoms with Gasteiger partial charge in [-0.15, -0.1) is 0 Å². The SMILES string of the molecule is CC(C)COC(=O)NC(C)(C(=O)O)C(F)(F)F. The average Bonchev–Trinajstić information content (AvgIpc) is 2.12. The zero-order chi connectivity index (χ0) is 13.9. The number of alkyl halides is 3. The number of hydrogen-bond acceptors (Lipinski definition) is 3. The minimum atomic E-state index is -5.12. The Balaban J connectivity index is 4.69. The summed E-state index contributed by atoms with van der Waals surface area (Å²) in [5, 5.41) is 9.81.